The molecular weight excluding hydrogens is 484 g/mol. The molecular formula is C34H34N2O3. The van der Waals surface area contributed by atoms with Crippen molar-refractivity contribution in [1.82, 2.24) is 4.98 Å². The Bertz CT molecular complexity index is 1530. The molecule has 0 bridgehead atoms. The Morgan fingerprint density at radius 1 is 0.923 bits per heavy atom. The first-order valence-corrected chi connectivity index (χ1v) is 13.7. The van der Waals surface area contributed by atoms with E-state index >= 15 is 0 Å². The summed E-state index contributed by atoms with van der Waals surface area (Å²) in [4.78, 5) is 31.6. The van der Waals surface area contributed by atoms with Crippen molar-refractivity contribution in [3.05, 3.63) is 106 Å². The van der Waals surface area contributed by atoms with Crippen LogP contribution in [-0.4, -0.2) is 23.5 Å². The summed E-state index contributed by atoms with van der Waals surface area (Å²) in [6, 6.07) is 23.9. The van der Waals surface area contributed by atoms with Gasteiger partial charge in [-0.05, 0) is 71.6 Å². The van der Waals surface area contributed by atoms with Gasteiger partial charge in [0.05, 0.1) is 16.8 Å². The predicted octanol–water partition coefficient (Wildman–Crippen LogP) is 7.28. The molecule has 0 fully saturated rings. The van der Waals surface area contributed by atoms with E-state index in [9.17, 15) is 9.59 Å². The van der Waals surface area contributed by atoms with Crippen LogP contribution in [0.15, 0.2) is 72.8 Å². The Hall–Kier alpha value is -4.25. The molecule has 5 heteroatoms. The van der Waals surface area contributed by atoms with Gasteiger partial charge in [-0.25, -0.2) is 9.78 Å². The van der Waals surface area contributed by atoms with Crippen LogP contribution in [0.1, 0.15) is 65.5 Å². The van der Waals surface area contributed by atoms with Crippen molar-refractivity contribution < 1.29 is 14.3 Å². The van der Waals surface area contributed by atoms with Crippen molar-refractivity contribution in [2.24, 2.45) is 5.92 Å². The number of rotatable bonds is 7. The van der Waals surface area contributed by atoms with Gasteiger partial charge in [0, 0.05) is 11.1 Å². The van der Waals surface area contributed by atoms with Crippen molar-refractivity contribution >= 4 is 40.1 Å². The van der Waals surface area contributed by atoms with Gasteiger partial charge in [0.2, 0.25) is 0 Å². The highest BCUT2D eigenvalue weighted by molar-refractivity contribution is 6.07. The number of allylic oxidation sites excluding steroid dienone is 1. The van der Waals surface area contributed by atoms with E-state index in [2.05, 4.69) is 44.3 Å². The minimum atomic E-state index is -0.493. The monoisotopic (exact) mass is 518 g/mol. The molecule has 39 heavy (non-hydrogen) atoms. The Morgan fingerprint density at radius 3 is 2.33 bits per heavy atom. The number of aromatic nitrogens is 1. The molecule has 1 aromatic heterocycles. The standard InChI is InChI=1S/C34H34N2O3/c1-4-24-14-11-15-25(5-2)32(24)36-30(37)21-39-34(38)31-27-16-9-10-17-29(27)35-33-26(18-22(3)19-28(31)33)20-23-12-7-6-8-13-23/h6-17,20,22H,4-5,18-19,21H2,1-3H3,(H,36,37)/b26-20-. The predicted molar refractivity (Wildman–Crippen MR) is 158 cm³/mol. The Balaban J connectivity index is 1.47. The van der Waals surface area contributed by atoms with E-state index in [-0.39, 0.29) is 12.5 Å². The number of hydrogen-bond acceptors (Lipinski definition) is 4. The van der Waals surface area contributed by atoms with E-state index in [1.165, 1.54) is 0 Å². The molecule has 1 atom stereocenters. The normalized spacial score (nSPS) is 15.7. The van der Waals surface area contributed by atoms with Crippen LogP contribution >= 0.6 is 0 Å². The number of para-hydroxylation sites is 2. The van der Waals surface area contributed by atoms with Crippen molar-refractivity contribution in [2.75, 3.05) is 11.9 Å². The average molecular weight is 519 g/mol. The summed E-state index contributed by atoms with van der Waals surface area (Å²) in [6.45, 7) is 5.96. The summed E-state index contributed by atoms with van der Waals surface area (Å²) in [6.07, 6.45) is 5.36. The van der Waals surface area contributed by atoms with Crippen LogP contribution in [0.5, 0.6) is 0 Å². The van der Waals surface area contributed by atoms with E-state index in [0.29, 0.717) is 11.5 Å². The maximum atomic E-state index is 13.7. The van der Waals surface area contributed by atoms with Gasteiger partial charge in [0.25, 0.3) is 5.91 Å². The average Bonchev–Trinajstić information content (AvgIpc) is 2.95. The van der Waals surface area contributed by atoms with E-state index in [1.54, 1.807) is 0 Å². The van der Waals surface area contributed by atoms with Crippen LogP contribution in [-0.2, 0) is 28.8 Å². The molecule has 1 unspecified atom stereocenters. The molecule has 3 aromatic carbocycles. The summed E-state index contributed by atoms with van der Waals surface area (Å²) < 4.78 is 5.67. The summed E-state index contributed by atoms with van der Waals surface area (Å²) in [5.74, 6) is -0.500. The molecule has 0 spiro atoms. The topological polar surface area (TPSA) is 68.3 Å². The number of carbonyl (C=O) groups excluding carboxylic acids is 2. The lowest BCUT2D eigenvalue weighted by Gasteiger charge is -2.26. The van der Waals surface area contributed by atoms with Crippen LogP contribution in [0, 0.1) is 5.92 Å². The summed E-state index contributed by atoms with van der Waals surface area (Å²) >= 11 is 0. The SMILES string of the molecule is CCc1cccc(CC)c1NC(=O)COC(=O)c1c2c(nc3ccccc13)/C(=C\c1ccccc1)CC(C)C2. The van der Waals surface area contributed by atoms with Crippen molar-refractivity contribution in [1.29, 1.82) is 0 Å². The molecule has 5 nitrogen and oxygen atoms in total. The molecule has 5 rings (SSSR count). The van der Waals surface area contributed by atoms with Crippen molar-refractivity contribution in [2.45, 2.75) is 46.5 Å². The number of pyridine rings is 1. The summed E-state index contributed by atoms with van der Waals surface area (Å²) in [7, 11) is 0. The zero-order valence-corrected chi connectivity index (χ0v) is 22.8. The van der Waals surface area contributed by atoms with Gasteiger partial charge in [-0.15, -0.1) is 0 Å². The number of hydrogen-bond donors (Lipinski definition) is 1. The first kappa shape index (κ1) is 26.4. The first-order valence-electron chi connectivity index (χ1n) is 13.7. The van der Waals surface area contributed by atoms with Gasteiger partial charge in [0.1, 0.15) is 0 Å². The summed E-state index contributed by atoms with van der Waals surface area (Å²) in [5, 5.41) is 3.74. The van der Waals surface area contributed by atoms with E-state index < -0.39 is 5.97 Å². The third kappa shape index (κ3) is 5.63. The van der Waals surface area contributed by atoms with Crippen molar-refractivity contribution in [3.63, 3.8) is 0 Å². The number of aryl methyl sites for hydroxylation is 2. The highest BCUT2D eigenvalue weighted by atomic mass is 16.5. The fraction of sp³-hybridized carbons (Fsp3) is 0.265. The molecule has 1 heterocycles. The third-order valence-electron chi connectivity index (χ3n) is 7.36. The molecule has 0 radical (unpaired) electrons. The smallest absolute Gasteiger partial charge is 0.339 e. The summed E-state index contributed by atoms with van der Waals surface area (Å²) in [5.41, 5.74) is 8.14. The van der Waals surface area contributed by atoms with Crippen LogP contribution < -0.4 is 5.32 Å². The van der Waals surface area contributed by atoms with Gasteiger partial charge in [-0.2, -0.15) is 0 Å². The maximum Gasteiger partial charge on any atom is 0.339 e. The second kappa shape index (κ2) is 11.6. The molecule has 4 aromatic rings. The number of amides is 1. The quantitative estimate of drug-likeness (QED) is 0.261. The Labute approximate surface area is 229 Å². The first-order chi connectivity index (χ1) is 19.0. The van der Waals surface area contributed by atoms with E-state index in [4.69, 9.17) is 9.72 Å². The molecule has 1 aliphatic carbocycles. The van der Waals surface area contributed by atoms with Gasteiger partial charge < -0.3 is 10.1 Å². The number of benzene rings is 3. The van der Waals surface area contributed by atoms with Gasteiger partial charge in [0.15, 0.2) is 6.61 Å². The highest BCUT2D eigenvalue weighted by Crippen LogP contribution is 2.38. The van der Waals surface area contributed by atoms with E-state index in [0.717, 1.165) is 75.8 Å². The number of fused-ring (bicyclic) bond motifs is 2. The number of anilines is 1. The largest absolute Gasteiger partial charge is 0.452 e. The van der Waals surface area contributed by atoms with Crippen molar-refractivity contribution in [3.8, 4) is 0 Å². The highest BCUT2D eigenvalue weighted by Gasteiger charge is 2.29. The lowest BCUT2D eigenvalue weighted by Crippen LogP contribution is -2.24. The fourth-order valence-electron chi connectivity index (χ4n) is 5.50. The van der Waals surface area contributed by atoms with Crippen LogP contribution in [0.3, 0.4) is 0 Å². The Morgan fingerprint density at radius 2 is 1.62 bits per heavy atom. The molecule has 1 aliphatic rings. The third-order valence-corrected chi connectivity index (χ3v) is 7.36. The second-order valence-corrected chi connectivity index (χ2v) is 10.2. The molecule has 0 saturated carbocycles. The van der Waals surface area contributed by atoms with Gasteiger partial charge >= 0.3 is 5.97 Å². The molecule has 0 saturated heterocycles. The minimum Gasteiger partial charge on any atom is -0.452 e. The van der Waals surface area contributed by atoms with Gasteiger partial charge in [-0.3, -0.25) is 4.79 Å². The zero-order valence-electron chi connectivity index (χ0n) is 22.8. The Kier molecular flexibility index (Phi) is 7.87. The lowest BCUT2D eigenvalue weighted by molar-refractivity contribution is -0.119. The van der Waals surface area contributed by atoms with Crippen LogP contribution in [0.25, 0.3) is 22.6 Å². The lowest BCUT2D eigenvalue weighted by atomic mass is 9.80. The number of carbonyl (C=O) groups is 2. The maximum absolute atomic E-state index is 13.7. The second-order valence-electron chi connectivity index (χ2n) is 10.2. The van der Waals surface area contributed by atoms with Crippen LogP contribution in [0.4, 0.5) is 5.69 Å². The number of nitrogens with one attached hydrogen (secondary N) is 1. The molecule has 198 valence electrons. The number of ether oxygens (including phenoxy) is 1. The molecule has 1 N–H and O–H groups in total. The van der Waals surface area contributed by atoms with Crippen LogP contribution in [0.2, 0.25) is 0 Å². The molecule has 0 aliphatic heterocycles. The molecule has 1 amide bonds. The zero-order chi connectivity index (χ0) is 27.4. The van der Waals surface area contributed by atoms with Gasteiger partial charge in [-0.1, -0.05) is 87.5 Å². The number of nitrogens with zero attached hydrogens (tertiary/aromatic N) is 1. The minimum absolute atomic E-state index is 0.336. The number of esters is 1. The van der Waals surface area contributed by atoms with E-state index in [1.807, 2.05) is 60.7 Å². The fourth-order valence-corrected chi connectivity index (χ4v) is 5.50.